The fourth-order valence-electron chi connectivity index (χ4n) is 2.39. The summed E-state index contributed by atoms with van der Waals surface area (Å²) in [5.74, 6) is -0.0269. The maximum Gasteiger partial charge on any atom is 0.254 e. The highest BCUT2D eigenvalue weighted by Crippen LogP contribution is 2.30. The number of aromatic nitrogens is 1. The molecule has 1 aromatic carbocycles. The minimum Gasteiger partial charge on any atom is -0.329 e. The first-order valence-corrected chi connectivity index (χ1v) is 9.46. The van der Waals surface area contributed by atoms with E-state index in [0.717, 1.165) is 17.7 Å². The van der Waals surface area contributed by atoms with Crippen LogP contribution in [0.4, 0.5) is 5.13 Å². The lowest BCUT2D eigenvalue weighted by Crippen LogP contribution is -2.39. The molecule has 1 aliphatic rings. The van der Waals surface area contributed by atoms with E-state index in [1.165, 1.54) is 17.4 Å². The van der Waals surface area contributed by atoms with E-state index in [0.29, 0.717) is 33.2 Å². The third kappa shape index (κ3) is 4.93. The molecule has 0 atom stereocenters. The van der Waals surface area contributed by atoms with Gasteiger partial charge in [0.2, 0.25) is 5.91 Å². The number of carbonyl (C=O) groups is 2. The maximum absolute atomic E-state index is 12.8. The highest BCUT2D eigenvalue weighted by Gasteiger charge is 2.29. The smallest absolute Gasteiger partial charge is 0.254 e. The van der Waals surface area contributed by atoms with Crippen molar-refractivity contribution in [3.63, 3.8) is 0 Å². The standard InChI is InChI=1S/C17H17Cl2N3O2S/c1-10-7-20-17(25-10)21-15(23)9-22(8-11-2-3-11)16(24)12-4-5-13(18)14(19)6-12/h4-7,11H,2-3,8-9H2,1H3,(H,20,21,23). The molecule has 2 aromatic rings. The zero-order chi connectivity index (χ0) is 18.0. The van der Waals surface area contributed by atoms with E-state index in [9.17, 15) is 9.59 Å². The second kappa shape index (κ2) is 7.72. The molecule has 1 heterocycles. The van der Waals surface area contributed by atoms with Crippen molar-refractivity contribution in [2.75, 3.05) is 18.4 Å². The molecule has 1 aliphatic carbocycles. The molecule has 0 radical (unpaired) electrons. The Labute approximate surface area is 160 Å². The summed E-state index contributed by atoms with van der Waals surface area (Å²) in [6, 6.07) is 4.75. The molecule has 5 nitrogen and oxygen atoms in total. The summed E-state index contributed by atoms with van der Waals surface area (Å²) in [4.78, 5) is 31.8. The number of anilines is 1. The highest BCUT2D eigenvalue weighted by atomic mass is 35.5. The molecule has 0 aliphatic heterocycles. The van der Waals surface area contributed by atoms with Gasteiger partial charge in [-0.15, -0.1) is 11.3 Å². The van der Waals surface area contributed by atoms with Gasteiger partial charge in [-0.3, -0.25) is 9.59 Å². The van der Waals surface area contributed by atoms with Crippen molar-refractivity contribution >= 4 is 51.5 Å². The monoisotopic (exact) mass is 397 g/mol. The van der Waals surface area contributed by atoms with Crippen LogP contribution in [0.5, 0.6) is 0 Å². The molecule has 0 unspecified atom stereocenters. The van der Waals surface area contributed by atoms with E-state index >= 15 is 0 Å². The number of rotatable bonds is 6. The fraction of sp³-hybridized carbons (Fsp3) is 0.353. The van der Waals surface area contributed by atoms with Gasteiger partial charge in [-0.1, -0.05) is 23.2 Å². The van der Waals surface area contributed by atoms with Gasteiger partial charge in [-0.05, 0) is 43.9 Å². The molecule has 25 heavy (non-hydrogen) atoms. The van der Waals surface area contributed by atoms with Gasteiger partial charge in [0.1, 0.15) is 6.54 Å². The molecule has 3 rings (SSSR count). The Hall–Kier alpha value is -1.63. The van der Waals surface area contributed by atoms with Gasteiger partial charge in [0.15, 0.2) is 5.13 Å². The molecule has 0 spiro atoms. The number of aryl methyl sites for hydroxylation is 1. The topological polar surface area (TPSA) is 62.3 Å². The summed E-state index contributed by atoms with van der Waals surface area (Å²) >= 11 is 13.3. The van der Waals surface area contributed by atoms with Crippen molar-refractivity contribution in [3.8, 4) is 0 Å². The van der Waals surface area contributed by atoms with E-state index in [2.05, 4.69) is 10.3 Å². The number of carbonyl (C=O) groups excluding carboxylic acids is 2. The van der Waals surface area contributed by atoms with E-state index in [1.54, 1.807) is 23.2 Å². The summed E-state index contributed by atoms with van der Waals surface area (Å²) in [5.41, 5.74) is 0.424. The van der Waals surface area contributed by atoms with Crippen molar-refractivity contribution in [1.82, 2.24) is 9.88 Å². The molecule has 0 bridgehead atoms. The number of hydrogen-bond donors (Lipinski definition) is 1. The van der Waals surface area contributed by atoms with Gasteiger partial charge in [-0.25, -0.2) is 4.98 Å². The van der Waals surface area contributed by atoms with Gasteiger partial charge < -0.3 is 10.2 Å². The molecule has 1 saturated carbocycles. The van der Waals surface area contributed by atoms with Crippen LogP contribution in [0.3, 0.4) is 0 Å². The second-order valence-electron chi connectivity index (χ2n) is 6.08. The van der Waals surface area contributed by atoms with Crippen LogP contribution in [-0.2, 0) is 4.79 Å². The predicted molar refractivity (Wildman–Crippen MR) is 101 cm³/mol. The highest BCUT2D eigenvalue weighted by molar-refractivity contribution is 7.15. The lowest BCUT2D eigenvalue weighted by Gasteiger charge is -2.22. The zero-order valence-corrected chi connectivity index (χ0v) is 15.9. The average molecular weight is 398 g/mol. The Morgan fingerprint density at radius 3 is 2.68 bits per heavy atom. The number of hydrogen-bond acceptors (Lipinski definition) is 4. The number of nitrogens with zero attached hydrogens (tertiary/aromatic N) is 2. The summed E-state index contributed by atoms with van der Waals surface area (Å²) in [7, 11) is 0. The Morgan fingerprint density at radius 2 is 2.08 bits per heavy atom. The lowest BCUT2D eigenvalue weighted by molar-refractivity contribution is -0.116. The van der Waals surface area contributed by atoms with Crippen LogP contribution in [0.25, 0.3) is 0 Å². The van der Waals surface area contributed by atoms with Crippen LogP contribution < -0.4 is 5.32 Å². The van der Waals surface area contributed by atoms with Crippen LogP contribution in [-0.4, -0.2) is 34.8 Å². The second-order valence-corrected chi connectivity index (χ2v) is 8.13. The molecule has 1 fully saturated rings. The Kier molecular flexibility index (Phi) is 5.61. The van der Waals surface area contributed by atoms with E-state index < -0.39 is 0 Å². The van der Waals surface area contributed by atoms with Crippen molar-refractivity contribution in [3.05, 3.63) is 44.9 Å². The molecule has 8 heteroatoms. The molecule has 1 aromatic heterocycles. The van der Waals surface area contributed by atoms with E-state index in [4.69, 9.17) is 23.2 Å². The first-order chi connectivity index (χ1) is 11.9. The first kappa shape index (κ1) is 18.2. The van der Waals surface area contributed by atoms with Crippen LogP contribution in [0.1, 0.15) is 28.1 Å². The third-order valence-corrected chi connectivity index (χ3v) is 5.40. The normalized spacial score (nSPS) is 13.6. The minimum atomic E-state index is -0.261. The van der Waals surface area contributed by atoms with Crippen LogP contribution in [0.2, 0.25) is 10.0 Å². The summed E-state index contributed by atoms with van der Waals surface area (Å²) in [6.07, 6.45) is 3.86. The van der Waals surface area contributed by atoms with Gasteiger partial charge >= 0.3 is 0 Å². The van der Waals surface area contributed by atoms with Crippen molar-refractivity contribution < 1.29 is 9.59 Å². The fourth-order valence-corrected chi connectivity index (χ4v) is 3.37. The number of amides is 2. The Balaban J connectivity index is 1.70. The zero-order valence-electron chi connectivity index (χ0n) is 13.6. The van der Waals surface area contributed by atoms with Crippen molar-refractivity contribution in [2.24, 2.45) is 5.92 Å². The number of halogens is 2. The van der Waals surface area contributed by atoms with E-state index in [1.807, 2.05) is 6.92 Å². The molecule has 0 saturated heterocycles. The van der Waals surface area contributed by atoms with Gasteiger partial charge in [-0.2, -0.15) is 0 Å². The summed E-state index contributed by atoms with van der Waals surface area (Å²) < 4.78 is 0. The molecule has 132 valence electrons. The largest absolute Gasteiger partial charge is 0.329 e. The first-order valence-electron chi connectivity index (χ1n) is 7.89. The molecule has 1 N–H and O–H groups in total. The van der Waals surface area contributed by atoms with Crippen LogP contribution in [0, 0.1) is 12.8 Å². The SMILES string of the molecule is Cc1cnc(NC(=O)CN(CC2CC2)C(=O)c2ccc(Cl)c(Cl)c2)s1. The molecular weight excluding hydrogens is 381 g/mol. The van der Waals surface area contributed by atoms with Crippen molar-refractivity contribution in [1.29, 1.82) is 0 Å². The average Bonchev–Trinajstić information content (AvgIpc) is 3.29. The number of nitrogens with one attached hydrogen (secondary N) is 1. The minimum absolute atomic E-state index is 0.0196. The van der Waals surface area contributed by atoms with E-state index in [-0.39, 0.29) is 18.4 Å². The van der Waals surface area contributed by atoms with Gasteiger partial charge in [0.05, 0.1) is 10.0 Å². The number of thiazole rings is 1. The van der Waals surface area contributed by atoms with Gasteiger partial charge in [0, 0.05) is 23.2 Å². The maximum atomic E-state index is 12.8. The number of benzene rings is 1. The predicted octanol–water partition coefficient (Wildman–Crippen LogP) is 4.25. The third-order valence-electron chi connectivity index (χ3n) is 3.83. The van der Waals surface area contributed by atoms with Crippen LogP contribution >= 0.6 is 34.5 Å². The molecular formula is C17H17Cl2N3O2S. The summed E-state index contributed by atoms with van der Waals surface area (Å²) in [5, 5.41) is 3.99. The Morgan fingerprint density at radius 1 is 1.32 bits per heavy atom. The van der Waals surface area contributed by atoms with Crippen molar-refractivity contribution in [2.45, 2.75) is 19.8 Å². The molecule has 2 amide bonds. The van der Waals surface area contributed by atoms with Gasteiger partial charge in [0.25, 0.3) is 5.91 Å². The Bertz CT molecular complexity index is 805. The lowest BCUT2D eigenvalue weighted by atomic mass is 10.2. The van der Waals surface area contributed by atoms with Crippen LogP contribution in [0.15, 0.2) is 24.4 Å². The summed E-state index contributed by atoms with van der Waals surface area (Å²) in [6.45, 7) is 2.46. The quantitative estimate of drug-likeness (QED) is 0.792.